The number of phenols is 3. The van der Waals surface area contributed by atoms with Gasteiger partial charge in [0.05, 0.1) is 5.56 Å². The maximum absolute atomic E-state index is 10.5. The topological polar surface area (TPSA) is 77.8 Å². The molecule has 0 bridgehead atoms. The SMILES string of the molecule is O=C(Cl)c1ccc(O)c(O)c1O. The molecule has 1 rings (SSSR count). The normalized spacial score (nSPS) is 9.75. The maximum atomic E-state index is 10.5. The highest BCUT2D eigenvalue weighted by Crippen LogP contribution is 2.37. The van der Waals surface area contributed by atoms with Crippen LogP contribution in [-0.2, 0) is 0 Å². The van der Waals surface area contributed by atoms with Crippen molar-refractivity contribution in [3.63, 3.8) is 0 Å². The van der Waals surface area contributed by atoms with Crippen LogP contribution in [0.5, 0.6) is 17.2 Å². The van der Waals surface area contributed by atoms with Crippen molar-refractivity contribution >= 4 is 16.8 Å². The van der Waals surface area contributed by atoms with Gasteiger partial charge in [-0.05, 0) is 23.7 Å². The van der Waals surface area contributed by atoms with E-state index in [0.29, 0.717) is 0 Å². The molecule has 0 aliphatic carbocycles. The van der Waals surface area contributed by atoms with Crippen LogP contribution >= 0.6 is 11.6 Å². The van der Waals surface area contributed by atoms with Gasteiger partial charge in [0.1, 0.15) is 0 Å². The first-order chi connectivity index (χ1) is 5.54. The molecule has 12 heavy (non-hydrogen) atoms. The van der Waals surface area contributed by atoms with E-state index in [1.807, 2.05) is 0 Å². The first-order valence-corrected chi connectivity index (χ1v) is 3.35. The summed E-state index contributed by atoms with van der Waals surface area (Å²) in [6.07, 6.45) is 0. The fraction of sp³-hybridized carbons (Fsp3) is 0. The summed E-state index contributed by atoms with van der Waals surface area (Å²) in [5.74, 6) is -1.97. The molecule has 0 atom stereocenters. The van der Waals surface area contributed by atoms with Gasteiger partial charge in [0.25, 0.3) is 5.24 Å². The van der Waals surface area contributed by atoms with Crippen molar-refractivity contribution in [3.8, 4) is 17.2 Å². The number of carbonyl (C=O) groups excluding carboxylic acids is 1. The van der Waals surface area contributed by atoms with Crippen molar-refractivity contribution in [2.75, 3.05) is 0 Å². The van der Waals surface area contributed by atoms with Gasteiger partial charge in [-0.3, -0.25) is 4.79 Å². The third-order valence-electron chi connectivity index (χ3n) is 1.34. The van der Waals surface area contributed by atoms with E-state index in [1.54, 1.807) is 0 Å². The number of aromatic hydroxyl groups is 3. The summed E-state index contributed by atoms with van der Waals surface area (Å²) < 4.78 is 0. The predicted molar refractivity (Wildman–Crippen MR) is 41.6 cm³/mol. The van der Waals surface area contributed by atoms with Gasteiger partial charge in [-0.1, -0.05) is 0 Å². The molecule has 5 heteroatoms. The molecular formula is C7H5ClO4. The smallest absolute Gasteiger partial charge is 0.256 e. The largest absolute Gasteiger partial charge is 0.504 e. The average molecular weight is 189 g/mol. The van der Waals surface area contributed by atoms with Crippen molar-refractivity contribution in [1.82, 2.24) is 0 Å². The molecule has 0 radical (unpaired) electrons. The lowest BCUT2D eigenvalue weighted by Gasteiger charge is -2.02. The minimum atomic E-state index is -0.900. The van der Waals surface area contributed by atoms with Crippen LogP contribution < -0.4 is 0 Å². The first kappa shape index (κ1) is 8.67. The van der Waals surface area contributed by atoms with Crippen molar-refractivity contribution in [2.45, 2.75) is 0 Å². The second kappa shape index (κ2) is 2.91. The van der Waals surface area contributed by atoms with Crippen LogP contribution in [-0.4, -0.2) is 20.6 Å². The molecule has 0 spiro atoms. The number of hydrogen-bond acceptors (Lipinski definition) is 4. The van der Waals surface area contributed by atoms with Crippen LogP contribution in [0.4, 0.5) is 0 Å². The lowest BCUT2D eigenvalue weighted by atomic mass is 10.2. The maximum Gasteiger partial charge on any atom is 0.256 e. The Bertz CT molecular complexity index is 334. The number of hydrogen-bond donors (Lipinski definition) is 3. The number of rotatable bonds is 1. The Balaban J connectivity index is 3.36. The summed E-state index contributed by atoms with van der Waals surface area (Å²) in [4.78, 5) is 10.5. The first-order valence-electron chi connectivity index (χ1n) is 2.97. The molecule has 0 unspecified atom stereocenters. The minimum absolute atomic E-state index is 0.244. The Morgan fingerprint density at radius 2 is 1.75 bits per heavy atom. The molecule has 64 valence electrons. The Hall–Kier alpha value is -1.42. The monoisotopic (exact) mass is 188 g/mol. The number of benzene rings is 1. The standard InChI is InChI=1S/C7H5ClO4/c8-7(12)3-1-2-4(9)6(11)5(3)10/h1-2,9-11H. The fourth-order valence-electron chi connectivity index (χ4n) is 0.728. The van der Waals surface area contributed by atoms with E-state index in [0.717, 1.165) is 12.1 Å². The van der Waals surface area contributed by atoms with E-state index in [9.17, 15) is 4.79 Å². The van der Waals surface area contributed by atoms with Gasteiger partial charge < -0.3 is 15.3 Å². The zero-order valence-electron chi connectivity index (χ0n) is 5.78. The molecule has 0 aromatic heterocycles. The fourth-order valence-corrected chi connectivity index (χ4v) is 0.880. The third-order valence-corrected chi connectivity index (χ3v) is 1.55. The molecule has 0 fully saturated rings. The molecular weight excluding hydrogens is 184 g/mol. The van der Waals surface area contributed by atoms with Crippen LogP contribution in [0.3, 0.4) is 0 Å². The zero-order valence-corrected chi connectivity index (χ0v) is 6.54. The Kier molecular flexibility index (Phi) is 2.10. The number of halogens is 1. The van der Waals surface area contributed by atoms with E-state index in [2.05, 4.69) is 0 Å². The van der Waals surface area contributed by atoms with E-state index in [4.69, 9.17) is 26.9 Å². The number of phenolic OH excluding ortho intramolecular Hbond substituents is 3. The molecule has 1 aromatic carbocycles. The summed E-state index contributed by atoms with van der Waals surface area (Å²) in [6, 6.07) is 2.17. The molecule has 3 N–H and O–H groups in total. The molecule has 0 saturated heterocycles. The van der Waals surface area contributed by atoms with Crippen LogP contribution in [0, 0.1) is 0 Å². The lowest BCUT2D eigenvalue weighted by molar-refractivity contribution is 0.107. The quantitative estimate of drug-likeness (QED) is 0.457. The number of carbonyl (C=O) groups is 1. The van der Waals surface area contributed by atoms with Gasteiger partial charge in [-0.15, -0.1) is 0 Å². The van der Waals surface area contributed by atoms with Crippen molar-refractivity contribution in [2.24, 2.45) is 0 Å². The van der Waals surface area contributed by atoms with Gasteiger partial charge >= 0.3 is 0 Å². The summed E-state index contributed by atoms with van der Waals surface area (Å²) in [5.41, 5.74) is -0.244. The lowest BCUT2D eigenvalue weighted by Crippen LogP contribution is -1.89. The second-order valence-electron chi connectivity index (χ2n) is 2.10. The predicted octanol–water partition coefficient (Wildman–Crippen LogP) is 1.18. The molecule has 0 amide bonds. The third kappa shape index (κ3) is 1.29. The van der Waals surface area contributed by atoms with Crippen LogP contribution in [0.15, 0.2) is 12.1 Å². The van der Waals surface area contributed by atoms with Gasteiger partial charge in [-0.2, -0.15) is 0 Å². The molecule has 1 aromatic rings. The molecule has 4 nitrogen and oxygen atoms in total. The van der Waals surface area contributed by atoms with Gasteiger partial charge in [-0.25, -0.2) is 0 Å². The summed E-state index contributed by atoms with van der Waals surface area (Å²) in [5, 5.41) is 25.9. The molecule has 0 aliphatic rings. The Morgan fingerprint density at radius 1 is 1.17 bits per heavy atom. The van der Waals surface area contributed by atoms with Gasteiger partial charge in [0, 0.05) is 0 Å². The zero-order chi connectivity index (χ0) is 9.30. The molecule has 0 aliphatic heterocycles. The van der Waals surface area contributed by atoms with E-state index >= 15 is 0 Å². The highest BCUT2D eigenvalue weighted by atomic mass is 35.5. The van der Waals surface area contributed by atoms with Crippen LogP contribution in [0.1, 0.15) is 10.4 Å². The van der Waals surface area contributed by atoms with E-state index in [1.165, 1.54) is 0 Å². The average Bonchev–Trinajstić information content (AvgIpc) is 2.00. The van der Waals surface area contributed by atoms with Crippen LogP contribution in [0.2, 0.25) is 0 Å². The Morgan fingerprint density at radius 3 is 2.25 bits per heavy atom. The molecule has 0 heterocycles. The minimum Gasteiger partial charge on any atom is -0.504 e. The van der Waals surface area contributed by atoms with Crippen molar-refractivity contribution in [1.29, 1.82) is 0 Å². The van der Waals surface area contributed by atoms with Crippen molar-refractivity contribution in [3.05, 3.63) is 17.7 Å². The summed E-state index contributed by atoms with van der Waals surface area (Å²) in [7, 11) is 0. The van der Waals surface area contributed by atoms with Crippen molar-refractivity contribution < 1.29 is 20.1 Å². The second-order valence-corrected chi connectivity index (χ2v) is 2.45. The van der Waals surface area contributed by atoms with Gasteiger partial charge in [0.15, 0.2) is 11.5 Å². The molecule has 0 saturated carbocycles. The summed E-state index contributed by atoms with van der Waals surface area (Å²) >= 11 is 5.04. The van der Waals surface area contributed by atoms with Crippen LogP contribution in [0.25, 0.3) is 0 Å². The van der Waals surface area contributed by atoms with E-state index in [-0.39, 0.29) is 5.56 Å². The van der Waals surface area contributed by atoms with Gasteiger partial charge in [0.2, 0.25) is 5.75 Å². The highest BCUT2D eigenvalue weighted by Gasteiger charge is 2.14. The Labute approximate surface area is 72.6 Å². The summed E-state index contributed by atoms with van der Waals surface area (Å²) in [6.45, 7) is 0. The van der Waals surface area contributed by atoms with E-state index < -0.39 is 22.5 Å². The highest BCUT2D eigenvalue weighted by molar-refractivity contribution is 6.68.